The van der Waals surface area contributed by atoms with Gasteiger partial charge in [0.1, 0.15) is 11.5 Å². The molecule has 1 fully saturated rings. The van der Waals surface area contributed by atoms with Crippen molar-refractivity contribution < 1.29 is 33.6 Å². The predicted octanol–water partition coefficient (Wildman–Crippen LogP) is 5.46. The number of likely N-dealkylation sites (tertiary alicyclic amines) is 1. The van der Waals surface area contributed by atoms with Crippen LogP contribution in [0.15, 0.2) is 42.0 Å². The number of carbonyl (C=O) groups excluding carboxylic acids is 2. The summed E-state index contributed by atoms with van der Waals surface area (Å²) in [5.41, 5.74) is 2.00. The standard InChI is InChI=1S/C30H39NO7/c1-8-37-25-17-20(10-13-24(25)36-7)27-26(29(33)30(34)31(27)14-9-15-38-19(4)5)28(32)21-11-12-23(35-6)22(16-21)18(2)3/h10-13,16-19,27,32H,8-9,14-15H2,1-7H3/b28-26+. The van der Waals surface area contributed by atoms with Crippen molar-refractivity contribution in [3.63, 3.8) is 0 Å². The third-order valence-electron chi connectivity index (χ3n) is 6.46. The molecule has 1 aliphatic rings. The molecule has 1 aliphatic heterocycles. The number of hydrogen-bond acceptors (Lipinski definition) is 7. The third-order valence-corrected chi connectivity index (χ3v) is 6.46. The van der Waals surface area contributed by atoms with Crippen LogP contribution in [0.3, 0.4) is 0 Å². The average Bonchev–Trinajstić information content (AvgIpc) is 3.15. The average molecular weight is 526 g/mol. The van der Waals surface area contributed by atoms with Crippen LogP contribution in [0.25, 0.3) is 5.76 Å². The molecule has 206 valence electrons. The maximum absolute atomic E-state index is 13.4. The molecule has 2 aromatic rings. The van der Waals surface area contributed by atoms with Gasteiger partial charge < -0.3 is 29.0 Å². The second-order valence-electron chi connectivity index (χ2n) is 9.72. The highest BCUT2D eigenvalue weighted by Gasteiger charge is 2.46. The molecule has 0 aliphatic carbocycles. The number of ether oxygens (including phenoxy) is 4. The van der Waals surface area contributed by atoms with Crippen LogP contribution in [0, 0.1) is 0 Å². The summed E-state index contributed by atoms with van der Waals surface area (Å²) in [6.45, 7) is 10.9. The number of benzene rings is 2. The Labute approximate surface area is 225 Å². The Hall–Kier alpha value is -3.52. The first-order valence-electron chi connectivity index (χ1n) is 13.0. The van der Waals surface area contributed by atoms with Crippen molar-refractivity contribution in [2.24, 2.45) is 0 Å². The minimum absolute atomic E-state index is 0.0345. The maximum atomic E-state index is 13.4. The lowest BCUT2D eigenvalue weighted by Gasteiger charge is -2.26. The second kappa shape index (κ2) is 12.8. The SMILES string of the molecule is CCOc1cc(C2/C(=C(\O)c3ccc(OC)c(C(C)C)c3)C(=O)C(=O)N2CCCOC(C)C)ccc1OC. The van der Waals surface area contributed by atoms with Gasteiger partial charge in [0.2, 0.25) is 0 Å². The first kappa shape index (κ1) is 29.0. The summed E-state index contributed by atoms with van der Waals surface area (Å²) >= 11 is 0. The molecule has 2 aromatic carbocycles. The fourth-order valence-corrected chi connectivity index (χ4v) is 4.63. The van der Waals surface area contributed by atoms with Gasteiger partial charge in [0.05, 0.1) is 38.5 Å². The lowest BCUT2D eigenvalue weighted by Crippen LogP contribution is -2.31. The molecule has 0 saturated carbocycles. The molecule has 1 amide bonds. The molecule has 1 N–H and O–H groups in total. The highest BCUT2D eigenvalue weighted by Crippen LogP contribution is 2.42. The van der Waals surface area contributed by atoms with Gasteiger partial charge in [0.25, 0.3) is 11.7 Å². The molecule has 0 spiro atoms. The van der Waals surface area contributed by atoms with Gasteiger partial charge in [-0.1, -0.05) is 19.9 Å². The smallest absolute Gasteiger partial charge is 0.295 e. The van der Waals surface area contributed by atoms with Crippen LogP contribution in [0.2, 0.25) is 0 Å². The van der Waals surface area contributed by atoms with E-state index in [1.54, 1.807) is 50.6 Å². The number of aliphatic hydroxyl groups is 1. The van der Waals surface area contributed by atoms with Crippen molar-refractivity contribution in [1.82, 2.24) is 4.90 Å². The normalized spacial score (nSPS) is 17.0. The zero-order chi connectivity index (χ0) is 28.0. The van der Waals surface area contributed by atoms with Crippen LogP contribution in [-0.4, -0.2) is 61.8 Å². The first-order chi connectivity index (χ1) is 18.1. The molecule has 38 heavy (non-hydrogen) atoms. The van der Waals surface area contributed by atoms with Gasteiger partial charge >= 0.3 is 0 Å². The number of carbonyl (C=O) groups is 2. The summed E-state index contributed by atoms with van der Waals surface area (Å²) in [7, 11) is 3.14. The lowest BCUT2D eigenvalue weighted by atomic mass is 9.93. The molecule has 1 unspecified atom stereocenters. The molecule has 0 aromatic heterocycles. The minimum atomic E-state index is -0.802. The molecule has 8 nitrogen and oxygen atoms in total. The first-order valence-corrected chi connectivity index (χ1v) is 13.0. The molecule has 1 saturated heterocycles. The van der Waals surface area contributed by atoms with E-state index in [4.69, 9.17) is 18.9 Å². The maximum Gasteiger partial charge on any atom is 0.295 e. The summed E-state index contributed by atoms with van der Waals surface area (Å²) < 4.78 is 22.3. The van der Waals surface area contributed by atoms with Crippen molar-refractivity contribution >= 4 is 17.4 Å². The quantitative estimate of drug-likeness (QED) is 0.170. The number of aliphatic hydroxyl groups excluding tert-OH is 1. The van der Waals surface area contributed by atoms with E-state index in [2.05, 4.69) is 0 Å². The predicted molar refractivity (Wildman–Crippen MR) is 146 cm³/mol. The molecular formula is C30H39NO7. The zero-order valence-corrected chi connectivity index (χ0v) is 23.4. The third kappa shape index (κ3) is 6.13. The molecule has 1 atom stereocenters. The Morgan fingerprint density at radius 2 is 1.66 bits per heavy atom. The van der Waals surface area contributed by atoms with Crippen LogP contribution in [0.1, 0.15) is 69.7 Å². The molecule has 0 bridgehead atoms. The number of hydrogen-bond donors (Lipinski definition) is 1. The Morgan fingerprint density at radius 3 is 2.26 bits per heavy atom. The molecule has 0 radical (unpaired) electrons. The van der Waals surface area contributed by atoms with Crippen LogP contribution >= 0.6 is 0 Å². The molecule has 3 rings (SSSR count). The fourth-order valence-electron chi connectivity index (χ4n) is 4.63. The van der Waals surface area contributed by atoms with Crippen LogP contribution < -0.4 is 14.2 Å². The number of nitrogens with zero attached hydrogens (tertiary/aromatic N) is 1. The van der Waals surface area contributed by atoms with Crippen LogP contribution in [-0.2, 0) is 14.3 Å². The van der Waals surface area contributed by atoms with E-state index in [1.165, 1.54) is 4.90 Å². The molecular weight excluding hydrogens is 486 g/mol. The number of Topliss-reactive ketones (excluding diaryl/α,β-unsaturated/α-hetero) is 1. The van der Waals surface area contributed by atoms with E-state index >= 15 is 0 Å². The number of rotatable bonds is 12. The highest BCUT2D eigenvalue weighted by molar-refractivity contribution is 6.46. The Bertz CT molecular complexity index is 1190. The van der Waals surface area contributed by atoms with Crippen molar-refractivity contribution in [2.45, 2.75) is 59.1 Å². The lowest BCUT2D eigenvalue weighted by molar-refractivity contribution is -0.140. The summed E-state index contributed by atoms with van der Waals surface area (Å²) in [4.78, 5) is 28.2. The van der Waals surface area contributed by atoms with Gasteiger partial charge in [0.15, 0.2) is 11.5 Å². The Morgan fingerprint density at radius 1 is 0.974 bits per heavy atom. The Balaban J connectivity index is 2.16. The van der Waals surface area contributed by atoms with Gasteiger partial charge in [-0.05, 0) is 74.6 Å². The summed E-state index contributed by atoms with van der Waals surface area (Å²) in [5.74, 6) is 0.220. The van der Waals surface area contributed by atoms with Crippen LogP contribution in [0.4, 0.5) is 0 Å². The molecule has 8 heteroatoms. The van der Waals surface area contributed by atoms with E-state index < -0.39 is 17.7 Å². The van der Waals surface area contributed by atoms with E-state index in [1.807, 2.05) is 34.6 Å². The van der Waals surface area contributed by atoms with Crippen molar-refractivity contribution in [1.29, 1.82) is 0 Å². The molecule has 1 heterocycles. The zero-order valence-electron chi connectivity index (χ0n) is 23.4. The number of methoxy groups -OCH3 is 2. The van der Waals surface area contributed by atoms with E-state index in [0.29, 0.717) is 48.0 Å². The van der Waals surface area contributed by atoms with E-state index in [9.17, 15) is 14.7 Å². The van der Waals surface area contributed by atoms with E-state index in [-0.39, 0.29) is 29.9 Å². The summed E-state index contributed by atoms with van der Waals surface area (Å²) in [6.07, 6.45) is 0.595. The largest absolute Gasteiger partial charge is 0.507 e. The topological polar surface area (TPSA) is 94.5 Å². The minimum Gasteiger partial charge on any atom is -0.507 e. The van der Waals surface area contributed by atoms with Crippen LogP contribution in [0.5, 0.6) is 17.2 Å². The van der Waals surface area contributed by atoms with Crippen molar-refractivity contribution in [3.05, 3.63) is 58.7 Å². The number of ketones is 1. The van der Waals surface area contributed by atoms with Gasteiger partial charge in [-0.25, -0.2) is 0 Å². The summed E-state index contributed by atoms with van der Waals surface area (Å²) in [6, 6.07) is 9.75. The second-order valence-corrected chi connectivity index (χ2v) is 9.72. The van der Waals surface area contributed by atoms with Gasteiger partial charge in [-0.15, -0.1) is 0 Å². The number of amides is 1. The van der Waals surface area contributed by atoms with Gasteiger partial charge in [-0.3, -0.25) is 9.59 Å². The van der Waals surface area contributed by atoms with Gasteiger partial charge in [0, 0.05) is 18.7 Å². The van der Waals surface area contributed by atoms with E-state index in [0.717, 1.165) is 5.56 Å². The fraction of sp³-hybridized carbons (Fsp3) is 0.467. The van der Waals surface area contributed by atoms with Crippen molar-refractivity contribution in [3.8, 4) is 17.2 Å². The Kier molecular flexibility index (Phi) is 9.80. The monoisotopic (exact) mass is 525 g/mol. The van der Waals surface area contributed by atoms with Gasteiger partial charge in [-0.2, -0.15) is 0 Å². The highest BCUT2D eigenvalue weighted by atomic mass is 16.5. The summed E-state index contributed by atoms with van der Waals surface area (Å²) in [5, 5.41) is 11.5. The van der Waals surface area contributed by atoms with Crippen molar-refractivity contribution in [2.75, 3.05) is 34.0 Å².